The van der Waals surface area contributed by atoms with Crippen molar-refractivity contribution >= 4 is 27.3 Å². The highest BCUT2D eigenvalue weighted by molar-refractivity contribution is 7.92. The fourth-order valence-electron chi connectivity index (χ4n) is 3.37. The third kappa shape index (κ3) is 3.99. The van der Waals surface area contributed by atoms with Gasteiger partial charge in [0.2, 0.25) is 0 Å². The van der Waals surface area contributed by atoms with Crippen LogP contribution >= 0.6 is 0 Å². The Morgan fingerprint density at radius 3 is 2.53 bits per heavy atom. The second kappa shape index (κ2) is 8.16. The smallest absolute Gasteiger partial charge is 0.262 e. The van der Waals surface area contributed by atoms with Crippen molar-refractivity contribution in [3.8, 4) is 17.2 Å². The van der Waals surface area contributed by atoms with Crippen LogP contribution in [0.25, 0.3) is 0 Å². The number of carbonyl (C=O) groups is 1. The highest BCUT2D eigenvalue weighted by Crippen LogP contribution is 2.39. The van der Waals surface area contributed by atoms with Crippen LogP contribution in [-0.2, 0) is 10.0 Å². The summed E-state index contributed by atoms with van der Waals surface area (Å²) in [5.74, 6) is -0.340. The predicted octanol–water partition coefficient (Wildman–Crippen LogP) is 4.72. The van der Waals surface area contributed by atoms with E-state index in [2.05, 4.69) is 4.72 Å². The van der Waals surface area contributed by atoms with Crippen molar-refractivity contribution in [1.29, 1.82) is 0 Å². The first-order valence-corrected chi connectivity index (χ1v) is 11.3. The summed E-state index contributed by atoms with van der Waals surface area (Å²) in [4.78, 5) is 14.2. The number of carbonyl (C=O) groups excluding carboxylic acids is 1. The number of nitrogens with zero attached hydrogens (tertiary/aromatic N) is 1. The van der Waals surface area contributed by atoms with Gasteiger partial charge in [0.05, 0.1) is 22.8 Å². The van der Waals surface area contributed by atoms with E-state index in [9.17, 15) is 17.6 Å². The maximum atomic E-state index is 14.1. The molecule has 1 amide bonds. The maximum absolute atomic E-state index is 14.1. The molecule has 0 aromatic heterocycles. The van der Waals surface area contributed by atoms with Crippen molar-refractivity contribution in [3.63, 3.8) is 0 Å². The number of sulfonamides is 1. The molecule has 3 aromatic rings. The summed E-state index contributed by atoms with van der Waals surface area (Å²) in [6.07, 6.45) is 0. The van der Waals surface area contributed by atoms with E-state index in [4.69, 9.17) is 9.47 Å². The van der Waals surface area contributed by atoms with Crippen LogP contribution in [0.4, 0.5) is 15.8 Å². The highest BCUT2D eigenvalue weighted by atomic mass is 32.2. The van der Waals surface area contributed by atoms with Crippen molar-refractivity contribution in [1.82, 2.24) is 0 Å². The first-order chi connectivity index (χ1) is 15.2. The number of hydrogen-bond donors (Lipinski definition) is 1. The zero-order valence-electron chi connectivity index (χ0n) is 17.7. The summed E-state index contributed by atoms with van der Waals surface area (Å²) >= 11 is 0. The second-order valence-electron chi connectivity index (χ2n) is 7.28. The van der Waals surface area contributed by atoms with Crippen molar-refractivity contribution in [3.05, 3.63) is 71.5 Å². The van der Waals surface area contributed by atoms with E-state index in [1.165, 1.54) is 35.2 Å². The zero-order chi connectivity index (χ0) is 23.0. The zero-order valence-corrected chi connectivity index (χ0v) is 18.5. The molecule has 0 spiro atoms. The van der Waals surface area contributed by atoms with Gasteiger partial charge in [-0.1, -0.05) is 6.07 Å². The minimum absolute atomic E-state index is 0.0305. The molecule has 4 rings (SSSR count). The molecule has 3 aromatic carbocycles. The number of fused-ring (bicyclic) bond motifs is 2. The molecular formula is C23H21FN2O5S. The number of hydrogen-bond acceptors (Lipinski definition) is 5. The topological polar surface area (TPSA) is 84.9 Å². The number of aryl methyl sites for hydroxylation is 1. The number of halogens is 1. The molecular weight excluding hydrogens is 435 g/mol. The molecule has 0 saturated carbocycles. The fourth-order valence-corrected chi connectivity index (χ4v) is 4.43. The molecule has 9 heteroatoms. The van der Waals surface area contributed by atoms with E-state index in [0.717, 1.165) is 11.6 Å². The lowest BCUT2D eigenvalue weighted by atomic mass is 10.1. The SMILES string of the molecule is CCOc1ccc(S(=O)(=O)Nc2ccc3c(c2)C(=O)N(C)c2cc(C)ccc2O3)cc1F. The number of amides is 1. The number of rotatable bonds is 5. The lowest BCUT2D eigenvalue weighted by Crippen LogP contribution is -2.25. The maximum Gasteiger partial charge on any atom is 0.262 e. The molecule has 1 aliphatic rings. The average molecular weight is 456 g/mol. The number of ether oxygens (including phenoxy) is 2. The van der Waals surface area contributed by atoms with E-state index in [1.807, 2.05) is 19.1 Å². The molecule has 0 radical (unpaired) electrons. The van der Waals surface area contributed by atoms with Crippen LogP contribution in [0.3, 0.4) is 0 Å². The molecule has 1 N–H and O–H groups in total. The van der Waals surface area contributed by atoms with E-state index in [1.54, 1.807) is 20.0 Å². The first-order valence-electron chi connectivity index (χ1n) is 9.85. The monoisotopic (exact) mass is 456 g/mol. The second-order valence-corrected chi connectivity index (χ2v) is 8.96. The van der Waals surface area contributed by atoms with Crippen molar-refractivity contribution in [2.75, 3.05) is 23.3 Å². The van der Waals surface area contributed by atoms with Crippen molar-refractivity contribution < 1.29 is 27.1 Å². The summed E-state index contributed by atoms with van der Waals surface area (Å²) in [6, 6.07) is 13.3. The molecule has 0 unspecified atom stereocenters. The van der Waals surface area contributed by atoms with Crippen LogP contribution in [0.5, 0.6) is 17.2 Å². The molecule has 0 bridgehead atoms. The van der Waals surface area contributed by atoms with Gasteiger partial charge >= 0.3 is 0 Å². The summed E-state index contributed by atoms with van der Waals surface area (Å²) < 4.78 is 53.1. The number of anilines is 2. The Morgan fingerprint density at radius 2 is 1.81 bits per heavy atom. The minimum atomic E-state index is -4.10. The molecule has 1 aliphatic heterocycles. The normalized spacial score (nSPS) is 13.0. The lowest BCUT2D eigenvalue weighted by Gasteiger charge is -2.17. The third-order valence-electron chi connectivity index (χ3n) is 4.98. The van der Waals surface area contributed by atoms with Gasteiger partial charge in [-0.05, 0) is 67.9 Å². The van der Waals surface area contributed by atoms with E-state index in [-0.39, 0.29) is 34.4 Å². The Bertz CT molecular complexity index is 1320. The van der Waals surface area contributed by atoms with Crippen molar-refractivity contribution in [2.24, 2.45) is 0 Å². The van der Waals surface area contributed by atoms with Gasteiger partial charge in [0, 0.05) is 12.7 Å². The summed E-state index contributed by atoms with van der Waals surface area (Å²) in [5.41, 5.74) is 1.91. The van der Waals surface area contributed by atoms with Gasteiger partial charge in [0.25, 0.3) is 15.9 Å². The Morgan fingerprint density at radius 1 is 1.06 bits per heavy atom. The molecule has 0 fully saturated rings. The van der Waals surface area contributed by atoms with Gasteiger partial charge in [-0.3, -0.25) is 9.52 Å². The Labute approximate surface area is 185 Å². The van der Waals surface area contributed by atoms with Gasteiger partial charge in [0.15, 0.2) is 17.3 Å². The predicted molar refractivity (Wildman–Crippen MR) is 119 cm³/mol. The third-order valence-corrected chi connectivity index (χ3v) is 6.35. The molecule has 7 nitrogen and oxygen atoms in total. The highest BCUT2D eigenvalue weighted by Gasteiger charge is 2.27. The van der Waals surface area contributed by atoms with E-state index < -0.39 is 15.8 Å². The van der Waals surface area contributed by atoms with Crippen LogP contribution in [0.1, 0.15) is 22.8 Å². The van der Waals surface area contributed by atoms with E-state index >= 15 is 0 Å². The van der Waals surface area contributed by atoms with Crippen LogP contribution in [0, 0.1) is 12.7 Å². The van der Waals surface area contributed by atoms with E-state index in [0.29, 0.717) is 17.2 Å². The molecule has 1 heterocycles. The Hall–Kier alpha value is -3.59. The summed E-state index contributed by atoms with van der Waals surface area (Å²) in [7, 11) is -2.48. The van der Waals surface area contributed by atoms with Crippen LogP contribution < -0.4 is 19.1 Å². The minimum Gasteiger partial charge on any atom is -0.491 e. The largest absolute Gasteiger partial charge is 0.491 e. The summed E-state index contributed by atoms with van der Waals surface area (Å²) in [6.45, 7) is 3.86. The van der Waals surface area contributed by atoms with Gasteiger partial charge in [-0.25, -0.2) is 12.8 Å². The van der Waals surface area contributed by atoms with Crippen LogP contribution in [0.15, 0.2) is 59.5 Å². The standard InChI is InChI=1S/C23H21FN2O5S/c1-4-30-21-10-7-16(13-18(21)24)32(28,29)25-15-6-9-20-17(12-15)23(27)26(3)19-11-14(2)5-8-22(19)31-20/h5-13,25H,4H2,1-3H3. The number of benzene rings is 3. The Kier molecular flexibility index (Phi) is 5.52. The molecule has 0 atom stereocenters. The van der Waals surface area contributed by atoms with Crippen molar-refractivity contribution in [2.45, 2.75) is 18.7 Å². The summed E-state index contributed by atoms with van der Waals surface area (Å²) in [5, 5.41) is 0. The average Bonchev–Trinajstić information content (AvgIpc) is 2.85. The Balaban J connectivity index is 1.66. The van der Waals surface area contributed by atoms with Gasteiger partial charge in [0.1, 0.15) is 5.75 Å². The van der Waals surface area contributed by atoms with Crippen LogP contribution in [0.2, 0.25) is 0 Å². The fraction of sp³-hybridized carbons (Fsp3) is 0.174. The number of nitrogens with one attached hydrogen (secondary N) is 1. The first kappa shape index (κ1) is 21.6. The quantitative estimate of drug-likeness (QED) is 0.601. The molecule has 0 saturated heterocycles. The molecule has 166 valence electrons. The lowest BCUT2D eigenvalue weighted by molar-refractivity contribution is 0.0993. The van der Waals surface area contributed by atoms with Gasteiger partial charge in [-0.15, -0.1) is 0 Å². The van der Waals surface area contributed by atoms with Gasteiger partial charge < -0.3 is 14.4 Å². The van der Waals surface area contributed by atoms with Gasteiger partial charge in [-0.2, -0.15) is 0 Å². The molecule has 32 heavy (non-hydrogen) atoms. The van der Waals surface area contributed by atoms with Crippen LogP contribution in [-0.4, -0.2) is 28.0 Å². The molecule has 0 aliphatic carbocycles.